The molecule has 0 aliphatic carbocycles. The van der Waals surface area contributed by atoms with Gasteiger partial charge in [-0.25, -0.2) is 9.78 Å². The summed E-state index contributed by atoms with van der Waals surface area (Å²) in [5, 5.41) is 0.871. The molecule has 0 saturated carbocycles. The van der Waals surface area contributed by atoms with Crippen molar-refractivity contribution in [2.75, 3.05) is 19.5 Å². The highest BCUT2D eigenvalue weighted by molar-refractivity contribution is 7.99. The molecular formula is C26H25N3O5S. The summed E-state index contributed by atoms with van der Waals surface area (Å²) in [5.74, 6) is -0.000218. The van der Waals surface area contributed by atoms with Crippen molar-refractivity contribution in [3.8, 4) is 11.4 Å². The molecule has 9 heteroatoms. The number of aromatic nitrogens is 3. The molecule has 0 spiro atoms. The first-order chi connectivity index (χ1) is 16.8. The number of carbonyl (C=O) groups excluding carboxylic acids is 2. The lowest BCUT2D eigenvalue weighted by molar-refractivity contribution is 0.0599. The molecule has 4 aromatic rings. The molecule has 0 aliphatic rings. The summed E-state index contributed by atoms with van der Waals surface area (Å²) in [5.41, 5.74) is 2.74. The quantitative estimate of drug-likeness (QED) is 0.168. The standard InChI is InChI=1S/C26H25N3O5S/c1-5-34-18-12-10-17(11-13-18)29-24(31)19-8-6-7-9-20(19)28-26(29)35-14-21(30)23-15(2)22(16(3)27-23)25(32)33-4/h6-13,27H,5,14H2,1-4H3. The number of thioether (sulfide) groups is 1. The summed E-state index contributed by atoms with van der Waals surface area (Å²) in [4.78, 5) is 46.3. The van der Waals surface area contributed by atoms with Crippen molar-refractivity contribution >= 4 is 34.4 Å². The van der Waals surface area contributed by atoms with Gasteiger partial charge in [-0.05, 0) is 62.7 Å². The molecule has 2 aromatic carbocycles. The number of methoxy groups -OCH3 is 1. The smallest absolute Gasteiger partial charge is 0.339 e. The molecule has 2 aromatic heterocycles. The van der Waals surface area contributed by atoms with Crippen LogP contribution in [0.15, 0.2) is 58.5 Å². The van der Waals surface area contributed by atoms with Gasteiger partial charge in [0.15, 0.2) is 10.9 Å². The predicted octanol–water partition coefficient (Wildman–Crippen LogP) is 4.49. The number of H-pyrrole nitrogens is 1. The van der Waals surface area contributed by atoms with Gasteiger partial charge in [-0.2, -0.15) is 0 Å². The third-order valence-corrected chi connectivity index (χ3v) is 6.53. The SMILES string of the molecule is CCOc1ccc(-n2c(SCC(=O)c3[nH]c(C)c(C(=O)OC)c3C)nc3ccccc3c2=O)cc1. The Morgan fingerprint density at radius 2 is 1.80 bits per heavy atom. The van der Waals surface area contributed by atoms with E-state index < -0.39 is 5.97 Å². The molecule has 0 fully saturated rings. The Bertz CT molecular complexity index is 1470. The van der Waals surface area contributed by atoms with Crippen molar-refractivity contribution in [3.63, 3.8) is 0 Å². The first-order valence-corrected chi connectivity index (χ1v) is 12.0. The van der Waals surface area contributed by atoms with E-state index in [1.54, 1.807) is 56.3 Å². The molecule has 0 saturated heterocycles. The van der Waals surface area contributed by atoms with Crippen LogP contribution in [0.5, 0.6) is 5.75 Å². The summed E-state index contributed by atoms with van der Waals surface area (Å²) in [6.45, 7) is 5.86. The monoisotopic (exact) mass is 491 g/mol. The van der Waals surface area contributed by atoms with Crippen molar-refractivity contribution in [3.05, 3.63) is 81.4 Å². The van der Waals surface area contributed by atoms with Crippen LogP contribution in [0.1, 0.15) is 39.0 Å². The molecule has 180 valence electrons. The van der Waals surface area contributed by atoms with Gasteiger partial charge in [-0.1, -0.05) is 23.9 Å². The number of Topliss-reactive ketones (excluding diaryl/α,β-unsaturated/α-hetero) is 1. The third-order valence-electron chi connectivity index (χ3n) is 5.59. The molecule has 0 amide bonds. The average Bonchev–Trinajstić information content (AvgIpc) is 3.17. The number of rotatable bonds is 8. The fourth-order valence-corrected chi connectivity index (χ4v) is 4.82. The van der Waals surface area contributed by atoms with Gasteiger partial charge >= 0.3 is 5.97 Å². The Balaban J connectivity index is 1.71. The number of hydrogen-bond acceptors (Lipinski definition) is 7. The van der Waals surface area contributed by atoms with Gasteiger partial charge < -0.3 is 14.5 Å². The van der Waals surface area contributed by atoms with Gasteiger partial charge in [0.1, 0.15) is 5.75 Å². The van der Waals surface area contributed by atoms with Gasteiger partial charge in [0.2, 0.25) is 0 Å². The number of fused-ring (bicyclic) bond motifs is 1. The molecular weight excluding hydrogens is 466 g/mol. The average molecular weight is 492 g/mol. The van der Waals surface area contributed by atoms with Gasteiger partial charge in [0, 0.05) is 5.69 Å². The Morgan fingerprint density at radius 3 is 2.49 bits per heavy atom. The van der Waals surface area contributed by atoms with Crippen molar-refractivity contribution in [2.45, 2.75) is 25.9 Å². The van der Waals surface area contributed by atoms with Crippen LogP contribution in [0, 0.1) is 13.8 Å². The van der Waals surface area contributed by atoms with Crippen LogP contribution in [-0.4, -0.2) is 45.8 Å². The molecule has 0 atom stereocenters. The lowest BCUT2D eigenvalue weighted by atomic mass is 10.1. The second-order valence-corrected chi connectivity index (χ2v) is 8.75. The maximum atomic E-state index is 13.4. The fourth-order valence-electron chi connectivity index (χ4n) is 3.93. The summed E-state index contributed by atoms with van der Waals surface area (Å²) in [6, 6.07) is 14.3. The van der Waals surface area contributed by atoms with Gasteiger partial charge in [-0.3, -0.25) is 14.2 Å². The fraction of sp³-hybridized carbons (Fsp3) is 0.231. The summed E-state index contributed by atoms with van der Waals surface area (Å²) < 4.78 is 11.8. The number of esters is 1. The van der Waals surface area contributed by atoms with Crippen LogP contribution < -0.4 is 10.3 Å². The Kier molecular flexibility index (Phi) is 7.07. The zero-order valence-electron chi connectivity index (χ0n) is 19.9. The number of hydrogen-bond donors (Lipinski definition) is 1. The Morgan fingerprint density at radius 1 is 1.09 bits per heavy atom. The van der Waals surface area contributed by atoms with Gasteiger partial charge in [0.25, 0.3) is 5.56 Å². The van der Waals surface area contributed by atoms with Crippen molar-refractivity contribution < 1.29 is 19.1 Å². The number of ether oxygens (including phenoxy) is 2. The highest BCUT2D eigenvalue weighted by Crippen LogP contribution is 2.25. The molecule has 0 aliphatic heterocycles. The van der Waals surface area contributed by atoms with Crippen molar-refractivity contribution in [1.29, 1.82) is 0 Å². The number of para-hydroxylation sites is 1. The number of ketones is 1. The van der Waals surface area contributed by atoms with Crippen LogP contribution in [-0.2, 0) is 4.74 Å². The zero-order chi connectivity index (χ0) is 25.1. The third kappa shape index (κ3) is 4.72. The van der Waals surface area contributed by atoms with E-state index in [2.05, 4.69) is 9.97 Å². The predicted molar refractivity (Wildman–Crippen MR) is 135 cm³/mol. The lowest BCUT2D eigenvalue weighted by Crippen LogP contribution is -2.22. The number of carbonyl (C=O) groups is 2. The molecule has 0 bridgehead atoms. The number of aromatic amines is 1. The molecule has 4 rings (SSSR count). The van der Waals surface area contributed by atoms with E-state index in [4.69, 9.17) is 9.47 Å². The second-order valence-electron chi connectivity index (χ2n) is 7.81. The zero-order valence-corrected chi connectivity index (χ0v) is 20.7. The highest BCUT2D eigenvalue weighted by atomic mass is 32.2. The molecule has 2 heterocycles. The lowest BCUT2D eigenvalue weighted by Gasteiger charge is -2.13. The van der Waals surface area contributed by atoms with E-state index in [0.29, 0.717) is 56.6 Å². The van der Waals surface area contributed by atoms with Crippen LogP contribution in [0.4, 0.5) is 0 Å². The second kappa shape index (κ2) is 10.2. The summed E-state index contributed by atoms with van der Waals surface area (Å²) in [7, 11) is 1.30. The molecule has 35 heavy (non-hydrogen) atoms. The van der Waals surface area contributed by atoms with Crippen LogP contribution >= 0.6 is 11.8 Å². The minimum atomic E-state index is -0.497. The van der Waals surface area contributed by atoms with E-state index in [9.17, 15) is 14.4 Å². The van der Waals surface area contributed by atoms with E-state index in [0.717, 1.165) is 11.8 Å². The van der Waals surface area contributed by atoms with E-state index in [1.807, 2.05) is 13.0 Å². The number of nitrogens with one attached hydrogen (secondary N) is 1. The van der Waals surface area contributed by atoms with Crippen LogP contribution in [0.25, 0.3) is 16.6 Å². The number of aryl methyl sites for hydroxylation is 1. The number of benzene rings is 2. The minimum Gasteiger partial charge on any atom is -0.494 e. The maximum absolute atomic E-state index is 13.4. The topological polar surface area (TPSA) is 103 Å². The molecule has 0 unspecified atom stereocenters. The maximum Gasteiger partial charge on any atom is 0.339 e. The Hall–Kier alpha value is -3.85. The molecule has 0 radical (unpaired) electrons. The van der Waals surface area contributed by atoms with Crippen molar-refractivity contribution in [1.82, 2.24) is 14.5 Å². The highest BCUT2D eigenvalue weighted by Gasteiger charge is 2.23. The largest absolute Gasteiger partial charge is 0.494 e. The van der Waals surface area contributed by atoms with E-state index in [1.165, 1.54) is 11.7 Å². The molecule has 1 N–H and O–H groups in total. The summed E-state index contributed by atoms with van der Waals surface area (Å²) in [6.07, 6.45) is 0. The first kappa shape index (κ1) is 24.3. The normalized spacial score (nSPS) is 11.0. The Labute approximate surface area is 206 Å². The molecule has 8 nitrogen and oxygen atoms in total. The van der Waals surface area contributed by atoms with Gasteiger partial charge in [-0.15, -0.1) is 0 Å². The van der Waals surface area contributed by atoms with Crippen molar-refractivity contribution in [2.24, 2.45) is 0 Å². The first-order valence-electron chi connectivity index (χ1n) is 11.0. The van der Waals surface area contributed by atoms with E-state index >= 15 is 0 Å². The van der Waals surface area contributed by atoms with Crippen LogP contribution in [0.2, 0.25) is 0 Å². The summed E-state index contributed by atoms with van der Waals surface area (Å²) >= 11 is 1.16. The van der Waals surface area contributed by atoms with E-state index in [-0.39, 0.29) is 17.1 Å². The number of nitrogens with zero attached hydrogens (tertiary/aromatic N) is 2. The minimum absolute atomic E-state index is 0.0171. The van der Waals surface area contributed by atoms with Gasteiger partial charge in [0.05, 0.1) is 47.3 Å². The van der Waals surface area contributed by atoms with Crippen LogP contribution in [0.3, 0.4) is 0 Å².